The molecule has 0 saturated heterocycles. The SMILES string of the molecule is CCCc1cc(=O)[nH]c(Sc2cc(F)cc(C=O)c2)n1. The van der Waals surface area contributed by atoms with Gasteiger partial charge in [-0.3, -0.25) is 9.59 Å². The fraction of sp³-hybridized carbons (Fsp3) is 0.214. The maximum absolute atomic E-state index is 13.3. The van der Waals surface area contributed by atoms with Gasteiger partial charge in [0.2, 0.25) is 0 Å². The van der Waals surface area contributed by atoms with E-state index < -0.39 is 5.82 Å². The first-order chi connectivity index (χ1) is 9.60. The van der Waals surface area contributed by atoms with Gasteiger partial charge in [0, 0.05) is 22.2 Å². The zero-order valence-corrected chi connectivity index (χ0v) is 11.7. The monoisotopic (exact) mass is 292 g/mol. The van der Waals surface area contributed by atoms with Gasteiger partial charge in [-0.15, -0.1) is 0 Å². The van der Waals surface area contributed by atoms with Gasteiger partial charge in [0.15, 0.2) is 5.16 Å². The Morgan fingerprint density at radius 3 is 2.85 bits per heavy atom. The third kappa shape index (κ3) is 3.77. The first-order valence-electron chi connectivity index (χ1n) is 6.14. The van der Waals surface area contributed by atoms with Crippen molar-refractivity contribution in [2.75, 3.05) is 0 Å². The third-order valence-electron chi connectivity index (χ3n) is 2.52. The van der Waals surface area contributed by atoms with E-state index >= 15 is 0 Å². The Bertz CT molecular complexity index is 685. The summed E-state index contributed by atoms with van der Waals surface area (Å²) in [6, 6.07) is 5.45. The summed E-state index contributed by atoms with van der Waals surface area (Å²) in [6.45, 7) is 2.00. The topological polar surface area (TPSA) is 62.8 Å². The van der Waals surface area contributed by atoms with Crippen LogP contribution in [0, 0.1) is 5.82 Å². The number of aromatic amines is 1. The van der Waals surface area contributed by atoms with Crippen molar-refractivity contribution >= 4 is 18.0 Å². The molecular weight excluding hydrogens is 279 g/mol. The van der Waals surface area contributed by atoms with Crippen molar-refractivity contribution in [2.45, 2.75) is 29.8 Å². The van der Waals surface area contributed by atoms with E-state index in [1.807, 2.05) is 6.92 Å². The zero-order chi connectivity index (χ0) is 14.5. The second kappa shape index (κ2) is 6.47. The summed E-state index contributed by atoms with van der Waals surface area (Å²) in [4.78, 5) is 29.6. The molecule has 4 nitrogen and oxygen atoms in total. The van der Waals surface area contributed by atoms with E-state index in [-0.39, 0.29) is 11.1 Å². The highest BCUT2D eigenvalue weighted by molar-refractivity contribution is 7.99. The molecule has 0 fully saturated rings. The second-order valence-electron chi connectivity index (χ2n) is 4.23. The zero-order valence-electron chi connectivity index (χ0n) is 10.9. The Labute approximate surface area is 119 Å². The van der Waals surface area contributed by atoms with E-state index in [1.165, 1.54) is 12.1 Å². The molecule has 20 heavy (non-hydrogen) atoms. The summed E-state index contributed by atoms with van der Waals surface area (Å²) in [7, 11) is 0. The van der Waals surface area contributed by atoms with Crippen LogP contribution < -0.4 is 5.56 Å². The Kier molecular flexibility index (Phi) is 4.68. The fourth-order valence-electron chi connectivity index (χ4n) is 1.74. The molecule has 0 spiro atoms. The van der Waals surface area contributed by atoms with Crippen LogP contribution in [-0.2, 0) is 6.42 Å². The summed E-state index contributed by atoms with van der Waals surface area (Å²) < 4.78 is 13.3. The van der Waals surface area contributed by atoms with Crippen LogP contribution in [0.4, 0.5) is 4.39 Å². The lowest BCUT2D eigenvalue weighted by Gasteiger charge is -2.04. The van der Waals surface area contributed by atoms with Crippen molar-refractivity contribution in [1.82, 2.24) is 9.97 Å². The Morgan fingerprint density at radius 2 is 2.15 bits per heavy atom. The number of halogens is 1. The van der Waals surface area contributed by atoms with E-state index in [2.05, 4.69) is 9.97 Å². The molecule has 1 aromatic heterocycles. The number of aromatic nitrogens is 2. The quantitative estimate of drug-likeness (QED) is 0.680. The number of H-pyrrole nitrogens is 1. The van der Waals surface area contributed by atoms with Gasteiger partial charge in [0.1, 0.15) is 12.1 Å². The molecule has 1 heterocycles. The molecule has 0 unspecified atom stereocenters. The summed E-state index contributed by atoms with van der Waals surface area (Å²) in [6.07, 6.45) is 2.17. The van der Waals surface area contributed by atoms with Crippen molar-refractivity contribution < 1.29 is 9.18 Å². The van der Waals surface area contributed by atoms with Gasteiger partial charge < -0.3 is 4.98 Å². The number of nitrogens with zero attached hydrogens (tertiary/aromatic N) is 1. The maximum atomic E-state index is 13.3. The van der Waals surface area contributed by atoms with Crippen molar-refractivity contribution in [2.24, 2.45) is 0 Å². The Morgan fingerprint density at radius 1 is 1.35 bits per heavy atom. The van der Waals surface area contributed by atoms with Crippen LogP contribution in [0.2, 0.25) is 0 Å². The number of hydrogen-bond donors (Lipinski definition) is 1. The van der Waals surface area contributed by atoms with Gasteiger partial charge in [0.25, 0.3) is 5.56 Å². The number of rotatable bonds is 5. The minimum atomic E-state index is -0.496. The van der Waals surface area contributed by atoms with Crippen LogP contribution in [0.15, 0.2) is 39.1 Å². The molecule has 0 radical (unpaired) electrons. The number of nitrogens with one attached hydrogen (secondary N) is 1. The first kappa shape index (κ1) is 14.5. The molecule has 0 atom stereocenters. The molecule has 0 aliphatic heterocycles. The molecule has 0 aliphatic rings. The van der Waals surface area contributed by atoms with Gasteiger partial charge in [-0.1, -0.05) is 25.1 Å². The standard InChI is InChI=1S/C14H13FN2O2S/c1-2-3-11-7-13(19)17-14(16-11)20-12-5-9(8-18)4-10(15)6-12/h4-8H,2-3H2,1H3,(H,16,17,19). The highest BCUT2D eigenvalue weighted by Crippen LogP contribution is 2.25. The predicted molar refractivity (Wildman–Crippen MR) is 74.8 cm³/mol. The highest BCUT2D eigenvalue weighted by atomic mass is 32.2. The van der Waals surface area contributed by atoms with Crippen LogP contribution in [0.5, 0.6) is 0 Å². The van der Waals surface area contributed by atoms with Gasteiger partial charge in [-0.05, 0) is 24.6 Å². The van der Waals surface area contributed by atoms with Gasteiger partial charge in [-0.25, -0.2) is 9.37 Å². The lowest BCUT2D eigenvalue weighted by atomic mass is 10.2. The molecule has 0 bridgehead atoms. The Balaban J connectivity index is 2.31. The fourth-order valence-corrected chi connectivity index (χ4v) is 2.64. The smallest absolute Gasteiger partial charge is 0.251 e. The van der Waals surface area contributed by atoms with Gasteiger partial charge >= 0.3 is 0 Å². The molecule has 0 amide bonds. The summed E-state index contributed by atoms with van der Waals surface area (Å²) >= 11 is 1.12. The van der Waals surface area contributed by atoms with Crippen molar-refractivity contribution in [3.63, 3.8) is 0 Å². The minimum absolute atomic E-state index is 0.238. The van der Waals surface area contributed by atoms with E-state index in [0.717, 1.165) is 24.2 Å². The number of benzene rings is 1. The largest absolute Gasteiger partial charge is 0.301 e. The lowest BCUT2D eigenvalue weighted by Crippen LogP contribution is -2.09. The van der Waals surface area contributed by atoms with Gasteiger partial charge in [-0.2, -0.15) is 0 Å². The summed E-state index contributed by atoms with van der Waals surface area (Å²) in [5.74, 6) is -0.496. The lowest BCUT2D eigenvalue weighted by molar-refractivity contribution is 0.112. The van der Waals surface area contributed by atoms with Crippen LogP contribution in [0.25, 0.3) is 0 Å². The predicted octanol–water partition coefficient (Wildman–Crippen LogP) is 2.83. The third-order valence-corrected chi connectivity index (χ3v) is 3.38. The molecule has 1 N–H and O–H groups in total. The molecule has 1 aromatic carbocycles. The van der Waals surface area contributed by atoms with Crippen LogP contribution in [0.3, 0.4) is 0 Å². The number of aryl methyl sites for hydroxylation is 1. The molecule has 0 saturated carbocycles. The van der Waals surface area contributed by atoms with Crippen LogP contribution in [-0.4, -0.2) is 16.3 Å². The number of hydrogen-bond acceptors (Lipinski definition) is 4. The molecule has 0 aliphatic carbocycles. The van der Waals surface area contributed by atoms with E-state index in [1.54, 1.807) is 6.07 Å². The minimum Gasteiger partial charge on any atom is -0.301 e. The van der Waals surface area contributed by atoms with Gasteiger partial charge in [0.05, 0.1) is 0 Å². The van der Waals surface area contributed by atoms with Crippen molar-refractivity contribution in [1.29, 1.82) is 0 Å². The van der Waals surface area contributed by atoms with Crippen LogP contribution >= 0.6 is 11.8 Å². The first-order valence-corrected chi connectivity index (χ1v) is 6.96. The summed E-state index contributed by atoms with van der Waals surface area (Å²) in [5, 5.41) is 0.392. The van der Waals surface area contributed by atoms with Crippen LogP contribution in [0.1, 0.15) is 29.4 Å². The average molecular weight is 292 g/mol. The molecule has 2 rings (SSSR count). The molecule has 2 aromatic rings. The number of carbonyl (C=O) groups is 1. The van der Waals surface area contributed by atoms with E-state index in [0.29, 0.717) is 28.5 Å². The summed E-state index contributed by atoms with van der Waals surface area (Å²) in [5.41, 5.74) is 0.711. The highest BCUT2D eigenvalue weighted by Gasteiger charge is 2.06. The van der Waals surface area contributed by atoms with E-state index in [4.69, 9.17) is 0 Å². The molecular formula is C14H13FN2O2S. The second-order valence-corrected chi connectivity index (χ2v) is 5.29. The molecule has 6 heteroatoms. The average Bonchev–Trinajstić information content (AvgIpc) is 2.37. The maximum Gasteiger partial charge on any atom is 0.251 e. The molecule has 104 valence electrons. The van der Waals surface area contributed by atoms with E-state index in [9.17, 15) is 14.0 Å². The Hall–Kier alpha value is -1.95. The number of aldehydes is 1. The normalized spacial score (nSPS) is 10.5. The van der Waals surface area contributed by atoms with Crippen molar-refractivity contribution in [3.05, 3.63) is 51.7 Å². The van der Waals surface area contributed by atoms with Crippen molar-refractivity contribution in [3.8, 4) is 0 Å². The number of carbonyl (C=O) groups excluding carboxylic acids is 1.